The molecule has 1 aliphatic rings. The zero-order valence-electron chi connectivity index (χ0n) is 12.5. The van der Waals surface area contributed by atoms with Crippen molar-refractivity contribution in [3.05, 3.63) is 41.5 Å². The van der Waals surface area contributed by atoms with Gasteiger partial charge in [-0.25, -0.2) is 0 Å². The molecule has 0 radical (unpaired) electrons. The molecule has 21 heavy (non-hydrogen) atoms. The molecule has 1 saturated carbocycles. The molecule has 0 amide bonds. The fourth-order valence-corrected chi connectivity index (χ4v) is 3.08. The normalized spacial score (nSPS) is 16.1. The lowest BCUT2D eigenvalue weighted by molar-refractivity contribution is 0.385. The summed E-state index contributed by atoms with van der Waals surface area (Å²) in [6, 6.07) is 9.01. The van der Waals surface area contributed by atoms with Gasteiger partial charge in [0, 0.05) is 16.9 Å². The SMILES string of the molecule is CCNC(C)c1cccc(SCc2nc(C3CC3)no2)c1. The highest BCUT2D eigenvalue weighted by Gasteiger charge is 2.28. The molecule has 5 heteroatoms. The maximum Gasteiger partial charge on any atom is 0.237 e. The maximum atomic E-state index is 5.31. The summed E-state index contributed by atoms with van der Waals surface area (Å²) < 4.78 is 5.31. The van der Waals surface area contributed by atoms with E-state index in [4.69, 9.17) is 4.52 Å². The first kappa shape index (κ1) is 14.6. The van der Waals surface area contributed by atoms with Crippen LogP contribution >= 0.6 is 11.8 Å². The number of rotatable bonds is 7. The van der Waals surface area contributed by atoms with E-state index < -0.39 is 0 Å². The van der Waals surface area contributed by atoms with E-state index in [0.717, 1.165) is 24.0 Å². The van der Waals surface area contributed by atoms with Gasteiger partial charge in [-0.3, -0.25) is 0 Å². The van der Waals surface area contributed by atoms with E-state index in [2.05, 4.69) is 53.6 Å². The molecule has 2 aromatic rings. The summed E-state index contributed by atoms with van der Waals surface area (Å²) >= 11 is 1.74. The number of nitrogens with zero attached hydrogens (tertiary/aromatic N) is 2. The minimum absolute atomic E-state index is 0.375. The Kier molecular flexibility index (Phi) is 4.60. The molecule has 1 heterocycles. The second-order valence-electron chi connectivity index (χ2n) is 5.46. The van der Waals surface area contributed by atoms with Gasteiger partial charge in [-0.1, -0.05) is 24.2 Å². The van der Waals surface area contributed by atoms with Crippen LogP contribution in [0.5, 0.6) is 0 Å². The molecule has 0 saturated heterocycles. The van der Waals surface area contributed by atoms with Gasteiger partial charge in [0.15, 0.2) is 5.82 Å². The average molecular weight is 303 g/mol. The first-order valence-electron chi connectivity index (χ1n) is 7.55. The third-order valence-corrected chi connectivity index (χ3v) is 4.64. The minimum atomic E-state index is 0.375. The second kappa shape index (κ2) is 6.62. The molecule has 0 aliphatic heterocycles. The van der Waals surface area contributed by atoms with Crippen LogP contribution in [0.1, 0.15) is 55.9 Å². The zero-order chi connectivity index (χ0) is 14.7. The van der Waals surface area contributed by atoms with Gasteiger partial charge < -0.3 is 9.84 Å². The summed E-state index contributed by atoms with van der Waals surface area (Å²) in [5, 5.41) is 7.49. The summed E-state index contributed by atoms with van der Waals surface area (Å²) in [7, 11) is 0. The van der Waals surface area contributed by atoms with E-state index in [1.54, 1.807) is 11.8 Å². The molecular weight excluding hydrogens is 282 g/mol. The highest BCUT2D eigenvalue weighted by atomic mass is 32.2. The van der Waals surface area contributed by atoms with Gasteiger partial charge in [-0.15, -0.1) is 11.8 Å². The largest absolute Gasteiger partial charge is 0.338 e. The molecule has 0 spiro atoms. The lowest BCUT2D eigenvalue weighted by atomic mass is 10.1. The summed E-state index contributed by atoms with van der Waals surface area (Å²) in [4.78, 5) is 5.70. The van der Waals surface area contributed by atoms with Crippen molar-refractivity contribution < 1.29 is 4.52 Å². The molecule has 1 N–H and O–H groups in total. The molecule has 1 fully saturated rings. The third kappa shape index (κ3) is 3.86. The van der Waals surface area contributed by atoms with E-state index in [1.807, 2.05) is 0 Å². The molecule has 112 valence electrons. The Morgan fingerprint density at radius 3 is 3.05 bits per heavy atom. The first-order valence-corrected chi connectivity index (χ1v) is 8.53. The molecule has 1 aliphatic carbocycles. The van der Waals surface area contributed by atoms with E-state index >= 15 is 0 Å². The van der Waals surface area contributed by atoms with Crippen LogP contribution in [0.25, 0.3) is 0 Å². The van der Waals surface area contributed by atoms with Gasteiger partial charge >= 0.3 is 0 Å². The minimum Gasteiger partial charge on any atom is -0.338 e. The average Bonchev–Trinajstić information content (AvgIpc) is 3.25. The monoisotopic (exact) mass is 303 g/mol. The molecule has 3 rings (SSSR count). The second-order valence-corrected chi connectivity index (χ2v) is 6.51. The van der Waals surface area contributed by atoms with E-state index in [9.17, 15) is 0 Å². The van der Waals surface area contributed by atoms with Crippen molar-refractivity contribution in [2.75, 3.05) is 6.54 Å². The Morgan fingerprint density at radius 2 is 2.29 bits per heavy atom. The first-order chi connectivity index (χ1) is 10.3. The Labute approximate surface area is 129 Å². The third-order valence-electron chi connectivity index (χ3n) is 3.66. The van der Waals surface area contributed by atoms with Crippen LogP contribution in [-0.2, 0) is 5.75 Å². The fourth-order valence-electron chi connectivity index (χ4n) is 2.28. The topological polar surface area (TPSA) is 51.0 Å². The standard InChI is InChI=1S/C16H21N3OS/c1-3-17-11(2)13-5-4-6-14(9-13)21-10-15-18-16(19-20-15)12-7-8-12/h4-6,9,11-12,17H,3,7-8,10H2,1-2H3. The lowest BCUT2D eigenvalue weighted by Gasteiger charge is -2.13. The Bertz CT molecular complexity index is 595. The van der Waals surface area contributed by atoms with Gasteiger partial charge in [0.05, 0.1) is 5.75 Å². The number of thioether (sulfide) groups is 1. The molecule has 4 nitrogen and oxygen atoms in total. The van der Waals surface area contributed by atoms with Gasteiger partial charge in [0.1, 0.15) is 0 Å². The smallest absolute Gasteiger partial charge is 0.237 e. The number of aromatic nitrogens is 2. The van der Waals surface area contributed by atoms with Gasteiger partial charge in [-0.05, 0) is 44.0 Å². The quantitative estimate of drug-likeness (QED) is 0.786. The van der Waals surface area contributed by atoms with Crippen molar-refractivity contribution in [3.8, 4) is 0 Å². The number of hydrogen-bond acceptors (Lipinski definition) is 5. The maximum absolute atomic E-state index is 5.31. The zero-order valence-corrected chi connectivity index (χ0v) is 13.3. The van der Waals surface area contributed by atoms with E-state index in [1.165, 1.54) is 23.3 Å². The lowest BCUT2D eigenvalue weighted by Crippen LogP contribution is -2.17. The number of hydrogen-bond donors (Lipinski definition) is 1. The van der Waals surface area contributed by atoms with Gasteiger partial charge in [0.2, 0.25) is 5.89 Å². The molecule has 1 atom stereocenters. The molecule has 1 unspecified atom stereocenters. The van der Waals surface area contributed by atoms with Crippen molar-refractivity contribution in [2.24, 2.45) is 0 Å². The summed E-state index contributed by atoms with van der Waals surface area (Å²) in [6.45, 7) is 5.29. The molecular formula is C16H21N3OS. The Balaban J connectivity index is 1.60. The molecule has 0 bridgehead atoms. The van der Waals surface area contributed by atoms with Crippen molar-refractivity contribution in [2.45, 2.75) is 49.3 Å². The Morgan fingerprint density at radius 1 is 1.43 bits per heavy atom. The van der Waals surface area contributed by atoms with Crippen LogP contribution in [0.15, 0.2) is 33.7 Å². The van der Waals surface area contributed by atoms with E-state index in [0.29, 0.717) is 12.0 Å². The van der Waals surface area contributed by atoms with Gasteiger partial charge in [-0.2, -0.15) is 4.98 Å². The van der Waals surface area contributed by atoms with Crippen molar-refractivity contribution in [1.29, 1.82) is 0 Å². The van der Waals surface area contributed by atoms with Crippen LogP contribution in [0.2, 0.25) is 0 Å². The van der Waals surface area contributed by atoms with Crippen molar-refractivity contribution >= 4 is 11.8 Å². The summed E-state index contributed by atoms with van der Waals surface area (Å²) in [5.41, 5.74) is 1.31. The van der Waals surface area contributed by atoms with Crippen molar-refractivity contribution in [3.63, 3.8) is 0 Å². The van der Waals surface area contributed by atoms with Crippen LogP contribution in [0, 0.1) is 0 Å². The predicted octanol–water partition coefficient (Wildman–Crippen LogP) is 3.91. The van der Waals surface area contributed by atoms with Crippen LogP contribution in [0.3, 0.4) is 0 Å². The summed E-state index contributed by atoms with van der Waals surface area (Å²) in [5.74, 6) is 2.91. The Hall–Kier alpha value is -1.33. The van der Waals surface area contributed by atoms with Crippen LogP contribution in [-0.4, -0.2) is 16.7 Å². The molecule has 1 aromatic heterocycles. The predicted molar refractivity (Wildman–Crippen MR) is 84.4 cm³/mol. The highest BCUT2D eigenvalue weighted by molar-refractivity contribution is 7.98. The number of nitrogens with one attached hydrogen (secondary N) is 1. The van der Waals surface area contributed by atoms with Gasteiger partial charge in [0.25, 0.3) is 0 Å². The fraction of sp³-hybridized carbons (Fsp3) is 0.500. The van der Waals surface area contributed by atoms with E-state index in [-0.39, 0.29) is 0 Å². The van der Waals surface area contributed by atoms with Crippen LogP contribution < -0.4 is 5.32 Å². The van der Waals surface area contributed by atoms with Crippen LogP contribution in [0.4, 0.5) is 0 Å². The molecule has 1 aromatic carbocycles. The summed E-state index contributed by atoms with van der Waals surface area (Å²) in [6.07, 6.45) is 2.41. The van der Waals surface area contributed by atoms with Crippen molar-refractivity contribution in [1.82, 2.24) is 15.5 Å². The highest BCUT2D eigenvalue weighted by Crippen LogP contribution is 2.38. The number of benzene rings is 1.